The number of benzene rings is 4. The van der Waals surface area contributed by atoms with Gasteiger partial charge in [0.1, 0.15) is 23.6 Å². The van der Waals surface area contributed by atoms with E-state index >= 15 is 0 Å². The van der Waals surface area contributed by atoms with Crippen molar-refractivity contribution in [3.8, 4) is 28.6 Å². The second-order valence-corrected chi connectivity index (χ2v) is 16.5. The molecule has 0 bridgehead atoms. The first-order valence-electron chi connectivity index (χ1n) is 18.9. The van der Waals surface area contributed by atoms with E-state index in [1.54, 1.807) is 14.2 Å². The molecule has 312 valence electrons. The summed E-state index contributed by atoms with van der Waals surface area (Å²) >= 11 is 12.1. The van der Waals surface area contributed by atoms with Gasteiger partial charge >= 0.3 is 29.6 Å². The Bertz CT molecular complexity index is 2020. The Morgan fingerprint density at radius 2 is 1.22 bits per heavy atom. The van der Waals surface area contributed by atoms with Gasteiger partial charge in [0.05, 0.1) is 25.8 Å². The van der Waals surface area contributed by atoms with Gasteiger partial charge in [-0.2, -0.15) is 0 Å². The zero-order valence-electron chi connectivity index (χ0n) is 35.9. The smallest absolute Gasteiger partial charge is 0.662 e. The van der Waals surface area contributed by atoms with Gasteiger partial charge in [0, 0.05) is 39.0 Å². The SMILES string of the molecule is COc1cccc(-c2nccn2-c2c(C(C)C)cc(Br)cc2C(C)C)c1.COc1cccc(C(=N)Cc2c(C(C)C)cc(Br)cc2C(C)C)c1.O=CCCl.O=CO[O-].[Na+]. The third-order valence-corrected chi connectivity index (χ3v) is 10.0. The summed E-state index contributed by atoms with van der Waals surface area (Å²) in [6, 6.07) is 24.7. The zero-order chi connectivity index (χ0) is 43.5. The molecule has 0 saturated carbocycles. The van der Waals surface area contributed by atoms with Crippen LogP contribution in [0.15, 0.2) is 94.1 Å². The van der Waals surface area contributed by atoms with Crippen molar-refractivity contribution in [1.29, 1.82) is 5.41 Å². The Hall–Kier alpha value is -3.29. The van der Waals surface area contributed by atoms with Crippen LogP contribution in [0.2, 0.25) is 0 Å². The van der Waals surface area contributed by atoms with E-state index in [-0.39, 0.29) is 41.9 Å². The van der Waals surface area contributed by atoms with E-state index in [4.69, 9.17) is 41.3 Å². The molecule has 1 N–H and O–H groups in total. The van der Waals surface area contributed by atoms with Gasteiger partial charge in [0.25, 0.3) is 6.47 Å². The Labute approximate surface area is 394 Å². The third-order valence-electron chi connectivity index (χ3n) is 8.99. The summed E-state index contributed by atoms with van der Waals surface area (Å²) in [5, 5.41) is 17.0. The van der Waals surface area contributed by atoms with Gasteiger partial charge in [0.2, 0.25) is 0 Å². The van der Waals surface area contributed by atoms with Crippen LogP contribution in [0, 0.1) is 5.41 Å². The van der Waals surface area contributed by atoms with Gasteiger partial charge in [-0.1, -0.05) is 112 Å². The molecule has 1 heterocycles. The number of imidazole rings is 1. The van der Waals surface area contributed by atoms with Gasteiger partial charge in [-0.3, -0.25) is 9.36 Å². The first-order valence-corrected chi connectivity index (χ1v) is 21.0. The van der Waals surface area contributed by atoms with Crippen LogP contribution in [0.3, 0.4) is 0 Å². The number of ether oxygens (including phenoxy) is 2. The molecular weight excluding hydrogens is 909 g/mol. The molecule has 0 radical (unpaired) electrons. The molecule has 0 aliphatic heterocycles. The number of rotatable bonds is 13. The van der Waals surface area contributed by atoms with Crippen molar-refractivity contribution in [1.82, 2.24) is 9.55 Å². The summed E-state index contributed by atoms with van der Waals surface area (Å²) in [6.07, 6.45) is 5.20. The molecule has 0 spiro atoms. The van der Waals surface area contributed by atoms with E-state index in [2.05, 4.69) is 138 Å². The first kappa shape index (κ1) is 53.7. The van der Waals surface area contributed by atoms with Crippen LogP contribution in [-0.4, -0.2) is 48.1 Å². The maximum atomic E-state index is 9.04. The van der Waals surface area contributed by atoms with Crippen molar-refractivity contribution in [2.24, 2.45) is 0 Å². The number of nitrogens with one attached hydrogen (secondary N) is 1. The molecule has 5 aromatic rings. The Balaban J connectivity index is 0.000000493. The van der Waals surface area contributed by atoms with E-state index in [1.165, 1.54) is 33.5 Å². The number of hydrogen-bond acceptors (Lipinski definition) is 8. The number of methoxy groups -OCH3 is 2. The number of halogens is 3. The second kappa shape index (κ2) is 27.5. The number of aromatic nitrogens is 2. The fourth-order valence-corrected chi connectivity index (χ4v) is 7.25. The molecule has 0 aliphatic carbocycles. The number of aldehydes is 1. The maximum absolute atomic E-state index is 9.04. The minimum atomic E-state index is -0.181. The minimum Gasteiger partial charge on any atom is -0.662 e. The average Bonchev–Trinajstić information content (AvgIpc) is 3.71. The molecule has 0 unspecified atom stereocenters. The molecule has 0 aliphatic rings. The monoisotopic (exact) mass is 961 g/mol. The summed E-state index contributed by atoms with van der Waals surface area (Å²) in [7, 11) is 3.35. The summed E-state index contributed by atoms with van der Waals surface area (Å²) < 4.78 is 15.1. The van der Waals surface area contributed by atoms with Crippen LogP contribution < -0.4 is 44.3 Å². The minimum absolute atomic E-state index is 0. The molecule has 5 rings (SSSR count). The second-order valence-electron chi connectivity index (χ2n) is 14.4. The van der Waals surface area contributed by atoms with Gasteiger partial charge < -0.3 is 29.8 Å². The average molecular weight is 964 g/mol. The number of carbonyl (C=O) groups is 2. The summed E-state index contributed by atoms with van der Waals surface area (Å²) in [5.74, 6) is 4.32. The van der Waals surface area contributed by atoms with E-state index in [0.717, 1.165) is 37.4 Å². The van der Waals surface area contributed by atoms with Crippen molar-refractivity contribution in [3.63, 3.8) is 0 Å². The van der Waals surface area contributed by atoms with E-state index in [1.807, 2.05) is 48.7 Å². The molecule has 0 atom stereocenters. The van der Waals surface area contributed by atoms with E-state index in [9.17, 15) is 0 Å². The summed E-state index contributed by atoms with van der Waals surface area (Å²) in [6.45, 7) is 17.6. The molecule has 0 amide bonds. The van der Waals surface area contributed by atoms with E-state index in [0.29, 0.717) is 42.1 Å². The normalized spacial score (nSPS) is 10.3. The fourth-order valence-electron chi connectivity index (χ4n) is 6.26. The van der Waals surface area contributed by atoms with Crippen LogP contribution in [0.25, 0.3) is 17.1 Å². The molecular formula is C46H55Br2ClN3NaO6. The quantitative estimate of drug-likeness (QED) is 0.0313. The third kappa shape index (κ3) is 16.3. The van der Waals surface area contributed by atoms with Gasteiger partial charge in [-0.05, 0) is 106 Å². The standard InChI is InChI=1S/C22H25BrN2O.C21H26BrNO.C2H3ClO.CH2O3.Na/c1-14(2)19-12-17(23)13-20(15(3)4)21(19)25-10-9-24-22(25)16-7-6-8-18(11-16)26-5;1-13(2)18-10-16(22)11-19(14(3)4)20(18)12-21(23)15-7-6-8-17(9-15)24-5;3-1-2-4;2-1-4-3;/h6-15H,1-5H3;6-11,13-14,23H,12H2,1-5H3;2H,1H2;1,3H;/q;;;;+1/p-1. The number of alkyl halides is 1. The van der Waals surface area contributed by atoms with Crippen molar-refractivity contribution in [2.75, 3.05) is 20.1 Å². The van der Waals surface area contributed by atoms with Crippen LogP contribution in [0.5, 0.6) is 11.5 Å². The number of nitrogens with zero attached hydrogens (tertiary/aromatic N) is 2. The summed E-state index contributed by atoms with van der Waals surface area (Å²) in [4.78, 5) is 24.9. The number of carbonyl (C=O) groups excluding carboxylic acids is 2. The van der Waals surface area contributed by atoms with Crippen molar-refractivity contribution < 1.29 is 58.8 Å². The van der Waals surface area contributed by atoms with Crippen LogP contribution in [0.1, 0.15) is 112 Å². The Kier molecular flexibility index (Phi) is 25.1. The van der Waals surface area contributed by atoms with Gasteiger partial charge in [-0.15, -0.1) is 11.6 Å². The maximum Gasteiger partial charge on any atom is 1.00 e. The van der Waals surface area contributed by atoms with Crippen molar-refractivity contribution >= 4 is 61.9 Å². The Morgan fingerprint density at radius 1 is 0.780 bits per heavy atom. The molecule has 9 nitrogen and oxygen atoms in total. The van der Waals surface area contributed by atoms with E-state index < -0.39 is 0 Å². The topological polar surface area (TPSA) is 127 Å². The van der Waals surface area contributed by atoms with Crippen molar-refractivity contribution in [3.05, 3.63) is 128 Å². The zero-order valence-corrected chi connectivity index (χ0v) is 41.9. The number of hydrogen-bond donors (Lipinski definition) is 1. The molecule has 0 fully saturated rings. The predicted octanol–water partition coefficient (Wildman–Crippen LogP) is 8.74. The molecule has 1 aromatic heterocycles. The Morgan fingerprint density at radius 3 is 1.64 bits per heavy atom. The van der Waals surface area contributed by atoms with Crippen LogP contribution >= 0.6 is 43.5 Å². The largest absolute Gasteiger partial charge is 1.00 e. The van der Waals surface area contributed by atoms with Crippen molar-refractivity contribution in [2.45, 2.75) is 85.5 Å². The van der Waals surface area contributed by atoms with Gasteiger partial charge in [-0.25, -0.2) is 4.98 Å². The van der Waals surface area contributed by atoms with Crippen LogP contribution in [-0.2, 0) is 20.9 Å². The molecule has 4 aromatic carbocycles. The summed E-state index contributed by atoms with van der Waals surface area (Å²) in [5.41, 5.74) is 10.4. The van der Waals surface area contributed by atoms with Gasteiger partial charge in [0.15, 0.2) is 0 Å². The molecule has 0 saturated heterocycles. The molecule has 59 heavy (non-hydrogen) atoms. The first-order chi connectivity index (χ1) is 27.6. The fraction of sp³-hybridized carbons (Fsp3) is 0.348. The molecule has 13 heteroatoms. The van der Waals surface area contributed by atoms with Crippen LogP contribution in [0.4, 0.5) is 0 Å². The predicted molar refractivity (Wildman–Crippen MR) is 241 cm³/mol.